The van der Waals surface area contributed by atoms with Crippen molar-refractivity contribution in [1.82, 2.24) is 19.4 Å². The highest BCUT2D eigenvalue weighted by atomic mass is 79.9. The number of aromatic hydroxyl groups is 1. The van der Waals surface area contributed by atoms with Gasteiger partial charge in [0, 0.05) is 67.4 Å². The van der Waals surface area contributed by atoms with Gasteiger partial charge in [-0.1, -0.05) is 33.6 Å². The van der Waals surface area contributed by atoms with E-state index in [0.717, 1.165) is 47.6 Å². The van der Waals surface area contributed by atoms with E-state index in [-0.39, 0.29) is 11.4 Å². The second-order valence-corrected chi connectivity index (χ2v) is 9.54. The molecule has 0 radical (unpaired) electrons. The van der Waals surface area contributed by atoms with E-state index in [1.54, 1.807) is 37.8 Å². The van der Waals surface area contributed by atoms with Crippen molar-refractivity contribution in [3.05, 3.63) is 81.0 Å². The lowest BCUT2D eigenvalue weighted by molar-refractivity contribution is 0.479. The Bertz CT molecular complexity index is 1430. The van der Waals surface area contributed by atoms with Crippen LogP contribution in [0.1, 0.15) is 0 Å². The Morgan fingerprint density at radius 2 is 1.74 bits per heavy atom. The number of nitrogens with one attached hydrogen (secondary N) is 1. The van der Waals surface area contributed by atoms with Crippen molar-refractivity contribution >= 4 is 33.3 Å². The summed E-state index contributed by atoms with van der Waals surface area (Å²) in [5.41, 5.74) is 3.36. The van der Waals surface area contributed by atoms with Gasteiger partial charge in [-0.05, 0) is 47.5 Å². The molecule has 5 rings (SSSR count). The first-order chi connectivity index (χ1) is 16.4. The number of halogens is 2. The zero-order valence-corrected chi connectivity index (χ0v) is 20.8. The molecule has 1 aliphatic rings. The molecule has 0 amide bonds. The van der Waals surface area contributed by atoms with Gasteiger partial charge in [-0.2, -0.15) is 0 Å². The zero-order chi connectivity index (χ0) is 23.8. The second kappa shape index (κ2) is 9.29. The highest BCUT2D eigenvalue weighted by Crippen LogP contribution is 2.42. The molecule has 0 saturated carbocycles. The molecule has 3 heterocycles. The highest BCUT2D eigenvalue weighted by Gasteiger charge is 2.17. The van der Waals surface area contributed by atoms with E-state index in [9.17, 15) is 9.90 Å². The first-order valence-corrected chi connectivity index (χ1v) is 12.1. The molecule has 2 N–H and O–H groups in total. The number of hydrogen-bond acceptors (Lipinski definition) is 5. The van der Waals surface area contributed by atoms with Crippen LogP contribution >= 0.6 is 27.5 Å². The van der Waals surface area contributed by atoms with Crippen LogP contribution in [-0.4, -0.2) is 45.4 Å². The SMILES string of the molecule is Cn1ccn(-c2ccc(-c3cc(Br)cc(-c4ccnc(N5CCNCC5)c4)c3O)cc2Cl)c1=O. The molecule has 1 fully saturated rings. The van der Waals surface area contributed by atoms with Crippen molar-refractivity contribution in [2.24, 2.45) is 7.05 Å². The standard InChI is InChI=1S/C25H23BrClN5O2/c1-30-10-11-32(25(30)34)22-3-2-16(12-21(22)27)19-14-18(26)15-20(24(19)33)17-4-5-29-23(13-17)31-8-6-28-7-9-31/h2-5,10-15,28,33H,6-9H2,1H3. The monoisotopic (exact) mass is 539 g/mol. The molecule has 0 aliphatic carbocycles. The number of phenols is 1. The summed E-state index contributed by atoms with van der Waals surface area (Å²) in [6.45, 7) is 3.62. The molecule has 34 heavy (non-hydrogen) atoms. The van der Waals surface area contributed by atoms with E-state index in [1.165, 1.54) is 9.13 Å². The smallest absolute Gasteiger partial charge is 0.332 e. The summed E-state index contributed by atoms with van der Waals surface area (Å²) < 4.78 is 3.81. The van der Waals surface area contributed by atoms with E-state index in [4.69, 9.17) is 11.6 Å². The summed E-state index contributed by atoms with van der Waals surface area (Å²) in [4.78, 5) is 19.1. The summed E-state index contributed by atoms with van der Waals surface area (Å²) in [7, 11) is 1.69. The number of rotatable bonds is 4. The number of anilines is 1. The van der Waals surface area contributed by atoms with Crippen LogP contribution in [-0.2, 0) is 7.05 Å². The Labute approximate surface area is 210 Å². The van der Waals surface area contributed by atoms with Crippen molar-refractivity contribution in [3.63, 3.8) is 0 Å². The van der Waals surface area contributed by atoms with Crippen LogP contribution in [0.4, 0.5) is 5.82 Å². The van der Waals surface area contributed by atoms with Crippen LogP contribution in [0.3, 0.4) is 0 Å². The van der Waals surface area contributed by atoms with Crippen LogP contribution in [0.2, 0.25) is 5.02 Å². The lowest BCUT2D eigenvalue weighted by Crippen LogP contribution is -2.43. The molecule has 0 unspecified atom stereocenters. The average Bonchev–Trinajstić information content (AvgIpc) is 3.18. The number of imidazole rings is 1. The predicted molar refractivity (Wildman–Crippen MR) is 139 cm³/mol. The number of aromatic nitrogens is 3. The fourth-order valence-electron chi connectivity index (χ4n) is 4.21. The van der Waals surface area contributed by atoms with E-state index < -0.39 is 0 Å². The Kier molecular flexibility index (Phi) is 6.20. The Morgan fingerprint density at radius 1 is 1.03 bits per heavy atom. The van der Waals surface area contributed by atoms with Crippen LogP contribution in [0.5, 0.6) is 5.75 Å². The molecule has 2 aromatic heterocycles. The number of nitrogens with zero attached hydrogens (tertiary/aromatic N) is 4. The third-order valence-electron chi connectivity index (χ3n) is 6.04. The summed E-state index contributed by atoms with van der Waals surface area (Å²) >= 11 is 10.2. The van der Waals surface area contributed by atoms with Gasteiger partial charge in [-0.15, -0.1) is 0 Å². The molecule has 1 aliphatic heterocycles. The molecule has 9 heteroatoms. The average molecular weight is 541 g/mol. The summed E-state index contributed by atoms with van der Waals surface area (Å²) in [5.74, 6) is 1.04. The normalized spacial score (nSPS) is 13.9. The third-order valence-corrected chi connectivity index (χ3v) is 6.80. The van der Waals surface area contributed by atoms with E-state index in [2.05, 4.69) is 31.1 Å². The molecule has 174 valence electrons. The number of hydrogen-bond donors (Lipinski definition) is 2. The van der Waals surface area contributed by atoms with Gasteiger partial charge in [0.05, 0.1) is 10.7 Å². The Hall–Kier alpha value is -3.07. The molecule has 0 atom stereocenters. The number of pyridine rings is 1. The highest BCUT2D eigenvalue weighted by molar-refractivity contribution is 9.10. The van der Waals surface area contributed by atoms with Gasteiger partial charge in [0.25, 0.3) is 0 Å². The van der Waals surface area contributed by atoms with Crippen molar-refractivity contribution < 1.29 is 5.11 Å². The summed E-state index contributed by atoms with van der Waals surface area (Å²) in [6, 6.07) is 13.1. The lowest BCUT2D eigenvalue weighted by Gasteiger charge is -2.28. The van der Waals surface area contributed by atoms with Crippen LogP contribution in [0.25, 0.3) is 27.9 Å². The van der Waals surface area contributed by atoms with E-state index in [1.807, 2.05) is 30.3 Å². The van der Waals surface area contributed by atoms with Gasteiger partial charge >= 0.3 is 5.69 Å². The zero-order valence-electron chi connectivity index (χ0n) is 18.5. The van der Waals surface area contributed by atoms with Crippen molar-refractivity contribution in [2.45, 2.75) is 0 Å². The Morgan fingerprint density at radius 3 is 2.38 bits per heavy atom. The molecule has 1 saturated heterocycles. The molecule has 0 bridgehead atoms. The van der Waals surface area contributed by atoms with Gasteiger partial charge in [0.2, 0.25) is 0 Å². The van der Waals surface area contributed by atoms with E-state index >= 15 is 0 Å². The first kappa shape index (κ1) is 22.7. The maximum Gasteiger partial charge on any atom is 0.332 e. The second-order valence-electron chi connectivity index (χ2n) is 8.22. The van der Waals surface area contributed by atoms with Gasteiger partial charge in [0.1, 0.15) is 11.6 Å². The number of aryl methyl sites for hydroxylation is 1. The fourth-order valence-corrected chi connectivity index (χ4v) is 4.94. The van der Waals surface area contributed by atoms with Crippen molar-refractivity contribution in [1.29, 1.82) is 0 Å². The minimum Gasteiger partial charge on any atom is -0.507 e. The van der Waals surface area contributed by atoms with Gasteiger partial charge < -0.3 is 19.9 Å². The third kappa shape index (κ3) is 4.24. The minimum absolute atomic E-state index is 0.154. The minimum atomic E-state index is -0.180. The molecule has 7 nitrogen and oxygen atoms in total. The first-order valence-electron chi connectivity index (χ1n) is 10.9. The van der Waals surface area contributed by atoms with Crippen molar-refractivity contribution in [2.75, 3.05) is 31.1 Å². The van der Waals surface area contributed by atoms with Gasteiger partial charge in [-0.3, -0.25) is 4.57 Å². The Balaban J connectivity index is 1.55. The van der Waals surface area contributed by atoms with Gasteiger partial charge in [-0.25, -0.2) is 9.78 Å². The molecule has 2 aromatic carbocycles. The van der Waals surface area contributed by atoms with Crippen LogP contribution in [0, 0.1) is 0 Å². The van der Waals surface area contributed by atoms with Crippen LogP contribution < -0.4 is 15.9 Å². The predicted octanol–water partition coefficient (Wildman–Crippen LogP) is 4.44. The number of benzene rings is 2. The topological polar surface area (TPSA) is 75.3 Å². The van der Waals surface area contributed by atoms with E-state index in [0.29, 0.717) is 21.8 Å². The maximum atomic E-state index is 12.3. The fraction of sp³-hybridized carbons (Fsp3) is 0.200. The largest absolute Gasteiger partial charge is 0.507 e. The number of piperazine rings is 1. The maximum absolute atomic E-state index is 12.3. The summed E-state index contributed by atoms with van der Waals surface area (Å²) in [6.07, 6.45) is 5.13. The number of phenolic OH excluding ortho intramolecular Hbond substituents is 1. The van der Waals surface area contributed by atoms with Crippen molar-refractivity contribution in [3.8, 4) is 33.7 Å². The molecule has 4 aromatic rings. The molecular formula is C25H23BrClN5O2. The van der Waals surface area contributed by atoms with Crippen LogP contribution in [0.15, 0.2) is 70.3 Å². The van der Waals surface area contributed by atoms with Gasteiger partial charge in [0.15, 0.2) is 0 Å². The molecule has 0 spiro atoms. The lowest BCUT2D eigenvalue weighted by atomic mass is 9.97. The summed E-state index contributed by atoms with van der Waals surface area (Å²) in [5, 5.41) is 15.0. The molecular weight excluding hydrogens is 518 g/mol. The quantitative estimate of drug-likeness (QED) is 0.400.